The summed E-state index contributed by atoms with van der Waals surface area (Å²) in [7, 11) is 3.39. The van der Waals surface area contributed by atoms with Gasteiger partial charge >= 0.3 is 5.97 Å². The fourth-order valence-corrected chi connectivity index (χ4v) is 6.20. The molecule has 0 spiro atoms. The number of nitrogens with zero attached hydrogens (tertiary/aromatic N) is 3. The van der Waals surface area contributed by atoms with Crippen molar-refractivity contribution < 1.29 is 19.0 Å². The molecule has 7 nitrogen and oxygen atoms in total. The number of benzene rings is 3. The van der Waals surface area contributed by atoms with Crippen LogP contribution in [-0.2, 0) is 32.1 Å². The van der Waals surface area contributed by atoms with Gasteiger partial charge in [-0.2, -0.15) is 5.26 Å². The van der Waals surface area contributed by atoms with Crippen molar-refractivity contribution in [3.63, 3.8) is 0 Å². The van der Waals surface area contributed by atoms with E-state index in [4.69, 9.17) is 14.2 Å². The van der Waals surface area contributed by atoms with Crippen molar-refractivity contribution in [1.82, 2.24) is 9.80 Å². The summed E-state index contributed by atoms with van der Waals surface area (Å²) in [6, 6.07) is 33.2. The van der Waals surface area contributed by atoms with Gasteiger partial charge in [0.15, 0.2) is 5.79 Å². The Kier molecular flexibility index (Phi) is 11.1. The summed E-state index contributed by atoms with van der Waals surface area (Å²) in [5, 5.41) is 11.3. The molecular formula is C36H45N3O4. The second kappa shape index (κ2) is 14.8. The molecular weight excluding hydrogens is 538 g/mol. The Morgan fingerprint density at radius 3 is 2.02 bits per heavy atom. The molecule has 1 heterocycles. The minimum atomic E-state index is -1.07. The van der Waals surface area contributed by atoms with Crippen LogP contribution in [0.1, 0.15) is 56.4 Å². The van der Waals surface area contributed by atoms with E-state index < -0.39 is 11.3 Å². The molecule has 1 aliphatic rings. The Hall–Kier alpha value is -3.54. The number of ether oxygens (including phenoxy) is 3. The number of rotatable bonds is 13. The molecule has 43 heavy (non-hydrogen) atoms. The van der Waals surface area contributed by atoms with Gasteiger partial charge in [0.25, 0.3) is 0 Å². The molecule has 4 rings (SSSR count). The van der Waals surface area contributed by atoms with Crippen LogP contribution in [0.2, 0.25) is 0 Å². The molecule has 0 bridgehead atoms. The largest absolute Gasteiger partial charge is 0.469 e. The van der Waals surface area contributed by atoms with Gasteiger partial charge in [-0.3, -0.25) is 14.6 Å². The highest BCUT2D eigenvalue weighted by Crippen LogP contribution is 2.41. The third kappa shape index (κ3) is 8.10. The maximum Gasteiger partial charge on any atom is 0.305 e. The lowest BCUT2D eigenvalue weighted by Crippen LogP contribution is -2.64. The number of likely N-dealkylation sites (N-methyl/N-ethyl adjacent to an activating group) is 1. The number of carbonyl (C=O) groups excluding carboxylic acids is 1. The standard InChI is InChI=1S/C36H45N3O4/c1-6-31(22-33(40)41-5)36(26-37,27-39(23-28-16-10-7-11-17-28)24-29-18-12-8-13-19-29)38(4)32-25-42-35(2,3)43-34(32)30-20-14-9-15-21-30/h7-21,31-32,34H,6,22-25,27H2,1-5H3/t31-,32+,34+,36+/m1/s1. The zero-order valence-electron chi connectivity index (χ0n) is 26.1. The lowest BCUT2D eigenvalue weighted by Gasteiger charge is -2.52. The zero-order chi connectivity index (χ0) is 30.9. The molecule has 0 saturated carbocycles. The highest BCUT2D eigenvalue weighted by atomic mass is 16.7. The van der Waals surface area contributed by atoms with E-state index in [1.807, 2.05) is 82.4 Å². The third-order valence-electron chi connectivity index (χ3n) is 8.58. The molecule has 1 saturated heterocycles. The molecule has 1 fully saturated rings. The van der Waals surface area contributed by atoms with Crippen LogP contribution >= 0.6 is 0 Å². The van der Waals surface area contributed by atoms with E-state index in [1.165, 1.54) is 7.11 Å². The van der Waals surface area contributed by atoms with Crippen molar-refractivity contribution in [3.05, 3.63) is 108 Å². The van der Waals surface area contributed by atoms with Crippen LogP contribution < -0.4 is 0 Å². The Bertz CT molecular complexity index is 1290. The van der Waals surface area contributed by atoms with E-state index in [0.29, 0.717) is 32.7 Å². The first-order chi connectivity index (χ1) is 20.7. The van der Waals surface area contributed by atoms with Crippen molar-refractivity contribution >= 4 is 5.97 Å². The molecule has 0 unspecified atom stereocenters. The van der Waals surface area contributed by atoms with Gasteiger partial charge in [-0.15, -0.1) is 0 Å². The van der Waals surface area contributed by atoms with E-state index in [1.54, 1.807) is 0 Å². The molecule has 0 aromatic heterocycles. The monoisotopic (exact) mass is 583 g/mol. The summed E-state index contributed by atoms with van der Waals surface area (Å²) in [4.78, 5) is 17.2. The molecule has 0 N–H and O–H groups in total. The maximum atomic E-state index is 12.8. The second-order valence-electron chi connectivity index (χ2n) is 11.9. The van der Waals surface area contributed by atoms with Crippen molar-refractivity contribution in [1.29, 1.82) is 5.26 Å². The van der Waals surface area contributed by atoms with Crippen LogP contribution in [0, 0.1) is 17.2 Å². The summed E-state index contributed by atoms with van der Waals surface area (Å²) in [6.45, 7) is 7.95. The molecule has 0 radical (unpaired) electrons. The Labute approximate surface area is 257 Å². The van der Waals surface area contributed by atoms with Crippen LogP contribution in [0.25, 0.3) is 0 Å². The molecule has 228 valence electrons. The summed E-state index contributed by atoms with van der Waals surface area (Å²) < 4.78 is 17.9. The highest BCUT2D eigenvalue weighted by Gasteiger charge is 2.51. The molecule has 7 heteroatoms. The minimum absolute atomic E-state index is 0.130. The van der Waals surface area contributed by atoms with Crippen LogP contribution in [0.3, 0.4) is 0 Å². The number of hydrogen-bond acceptors (Lipinski definition) is 7. The van der Waals surface area contributed by atoms with E-state index in [-0.39, 0.29) is 30.5 Å². The number of methoxy groups -OCH3 is 1. The fourth-order valence-electron chi connectivity index (χ4n) is 6.20. The quantitative estimate of drug-likeness (QED) is 0.217. The predicted octanol–water partition coefficient (Wildman–Crippen LogP) is 6.37. The first-order valence-corrected chi connectivity index (χ1v) is 15.1. The first kappa shape index (κ1) is 32.4. The lowest BCUT2D eigenvalue weighted by atomic mass is 9.77. The van der Waals surface area contributed by atoms with E-state index in [0.717, 1.165) is 16.7 Å². The Morgan fingerprint density at radius 1 is 1.00 bits per heavy atom. The van der Waals surface area contributed by atoms with Gasteiger partial charge < -0.3 is 14.2 Å². The molecule has 0 amide bonds. The molecule has 0 aliphatic carbocycles. The van der Waals surface area contributed by atoms with E-state index >= 15 is 0 Å². The summed E-state index contributed by atoms with van der Waals surface area (Å²) in [6.07, 6.45) is 0.411. The van der Waals surface area contributed by atoms with Gasteiger partial charge in [0, 0.05) is 25.6 Å². The van der Waals surface area contributed by atoms with Crippen LogP contribution in [0.4, 0.5) is 0 Å². The SMILES string of the molecule is CC[C@H](CC(=O)OC)[C@](C#N)(CN(Cc1ccccc1)Cc1ccccc1)N(C)[C@H]1COC(C)(C)O[C@H]1c1ccccc1. The van der Waals surface area contributed by atoms with E-state index in [2.05, 4.69) is 52.3 Å². The van der Waals surface area contributed by atoms with Crippen LogP contribution in [0.15, 0.2) is 91.0 Å². The van der Waals surface area contributed by atoms with Crippen LogP contribution in [-0.4, -0.2) is 60.4 Å². The average Bonchev–Trinajstić information content (AvgIpc) is 3.03. The topological polar surface area (TPSA) is 75.0 Å². The first-order valence-electron chi connectivity index (χ1n) is 15.1. The minimum Gasteiger partial charge on any atom is -0.469 e. The zero-order valence-corrected chi connectivity index (χ0v) is 26.1. The third-order valence-corrected chi connectivity index (χ3v) is 8.58. The highest BCUT2D eigenvalue weighted by molar-refractivity contribution is 5.69. The maximum absolute atomic E-state index is 12.8. The summed E-state index contributed by atoms with van der Waals surface area (Å²) >= 11 is 0. The van der Waals surface area contributed by atoms with Gasteiger partial charge in [0.05, 0.1) is 32.2 Å². The van der Waals surface area contributed by atoms with Crippen molar-refractivity contribution in [3.8, 4) is 6.07 Å². The van der Waals surface area contributed by atoms with Gasteiger partial charge in [-0.25, -0.2) is 0 Å². The van der Waals surface area contributed by atoms with Crippen LogP contribution in [0.5, 0.6) is 0 Å². The average molecular weight is 584 g/mol. The fraction of sp³-hybridized carbons (Fsp3) is 0.444. The summed E-state index contributed by atoms with van der Waals surface area (Å²) in [5.74, 6) is -1.42. The van der Waals surface area contributed by atoms with E-state index in [9.17, 15) is 10.1 Å². The van der Waals surface area contributed by atoms with Crippen molar-refractivity contribution in [2.45, 2.75) is 70.2 Å². The van der Waals surface area contributed by atoms with Gasteiger partial charge in [-0.05, 0) is 44.0 Å². The number of esters is 1. The smallest absolute Gasteiger partial charge is 0.305 e. The molecule has 3 aromatic carbocycles. The number of nitriles is 1. The summed E-state index contributed by atoms with van der Waals surface area (Å²) in [5.41, 5.74) is 2.26. The molecule has 1 aliphatic heterocycles. The number of hydrogen-bond donors (Lipinski definition) is 0. The van der Waals surface area contributed by atoms with Crippen molar-refractivity contribution in [2.24, 2.45) is 5.92 Å². The normalized spacial score (nSPS) is 20.2. The second-order valence-corrected chi connectivity index (χ2v) is 11.9. The lowest BCUT2D eigenvalue weighted by molar-refractivity contribution is -0.300. The molecule has 3 aromatic rings. The van der Waals surface area contributed by atoms with Gasteiger partial charge in [0.2, 0.25) is 0 Å². The molecule has 4 atom stereocenters. The van der Waals surface area contributed by atoms with Gasteiger partial charge in [0.1, 0.15) is 11.6 Å². The Morgan fingerprint density at radius 2 is 1.53 bits per heavy atom. The number of carbonyl (C=O) groups is 1. The predicted molar refractivity (Wildman–Crippen MR) is 168 cm³/mol. The van der Waals surface area contributed by atoms with Crippen molar-refractivity contribution in [2.75, 3.05) is 27.3 Å². The van der Waals surface area contributed by atoms with Gasteiger partial charge in [-0.1, -0.05) is 97.9 Å². The Balaban J connectivity index is 1.79.